The van der Waals surface area contributed by atoms with Crippen molar-refractivity contribution in [3.05, 3.63) is 33.4 Å². The van der Waals surface area contributed by atoms with Gasteiger partial charge in [-0.25, -0.2) is 0 Å². The molecule has 2 N–H and O–H groups in total. The number of nitrogens with one attached hydrogen (secondary N) is 1. The number of benzene rings is 1. The highest BCUT2D eigenvalue weighted by Crippen LogP contribution is 2.28. The van der Waals surface area contributed by atoms with E-state index in [4.69, 9.17) is 0 Å². The normalized spacial score (nSPS) is 21.6. The second-order valence-electron chi connectivity index (χ2n) is 6.45. The molecule has 0 saturated heterocycles. The predicted octanol–water partition coefficient (Wildman–Crippen LogP) is 3.12. The molecule has 0 aromatic heterocycles. The van der Waals surface area contributed by atoms with Crippen molar-refractivity contribution in [3.8, 4) is 0 Å². The first-order valence-corrected chi connectivity index (χ1v) is 7.87. The lowest BCUT2D eigenvalue weighted by molar-refractivity contribution is 0.0914. The third-order valence-corrected chi connectivity index (χ3v) is 5.44. The van der Waals surface area contributed by atoms with Crippen molar-refractivity contribution in [2.75, 3.05) is 6.61 Å². The Morgan fingerprint density at radius 3 is 2.05 bits per heavy atom. The molecule has 116 valence electrons. The molecule has 0 radical (unpaired) electrons. The molecule has 1 aromatic carbocycles. The third-order valence-electron chi connectivity index (χ3n) is 5.44. The van der Waals surface area contributed by atoms with Crippen molar-refractivity contribution in [1.29, 1.82) is 0 Å². The molecular formula is C18H27NO2. The van der Waals surface area contributed by atoms with Gasteiger partial charge in [-0.05, 0) is 75.3 Å². The zero-order valence-electron chi connectivity index (χ0n) is 13.8. The largest absolute Gasteiger partial charge is 0.396 e. The van der Waals surface area contributed by atoms with E-state index in [2.05, 4.69) is 26.1 Å². The van der Waals surface area contributed by atoms with Gasteiger partial charge in [-0.2, -0.15) is 0 Å². The van der Waals surface area contributed by atoms with Crippen LogP contribution in [0.5, 0.6) is 0 Å². The predicted molar refractivity (Wildman–Crippen MR) is 85.8 cm³/mol. The van der Waals surface area contributed by atoms with Crippen molar-refractivity contribution < 1.29 is 9.90 Å². The summed E-state index contributed by atoms with van der Waals surface area (Å²) in [7, 11) is 0. The van der Waals surface area contributed by atoms with Gasteiger partial charge in [0.15, 0.2) is 0 Å². The van der Waals surface area contributed by atoms with Crippen LogP contribution in [0.1, 0.15) is 57.4 Å². The summed E-state index contributed by atoms with van der Waals surface area (Å²) >= 11 is 0. The van der Waals surface area contributed by atoms with Crippen LogP contribution in [0.2, 0.25) is 0 Å². The molecule has 0 aliphatic heterocycles. The Hall–Kier alpha value is -1.35. The van der Waals surface area contributed by atoms with Gasteiger partial charge in [-0.15, -0.1) is 0 Å². The molecule has 2 unspecified atom stereocenters. The molecule has 3 heteroatoms. The van der Waals surface area contributed by atoms with E-state index in [1.54, 1.807) is 0 Å². The number of aliphatic hydroxyl groups excluding tert-OH is 1. The summed E-state index contributed by atoms with van der Waals surface area (Å²) in [6.45, 7) is 10.5. The van der Waals surface area contributed by atoms with Crippen LogP contribution in [0.3, 0.4) is 0 Å². The molecule has 0 bridgehead atoms. The summed E-state index contributed by atoms with van der Waals surface area (Å²) < 4.78 is 0. The molecule has 2 atom stereocenters. The minimum atomic E-state index is 0.0153. The maximum Gasteiger partial charge on any atom is 0.252 e. The van der Waals surface area contributed by atoms with Crippen LogP contribution in [0.15, 0.2) is 0 Å². The van der Waals surface area contributed by atoms with Gasteiger partial charge in [0.05, 0.1) is 0 Å². The molecule has 1 amide bonds. The number of carbonyl (C=O) groups excluding carboxylic acids is 1. The second kappa shape index (κ2) is 6.18. The van der Waals surface area contributed by atoms with Gasteiger partial charge < -0.3 is 10.4 Å². The topological polar surface area (TPSA) is 49.3 Å². The number of rotatable bonds is 3. The van der Waals surface area contributed by atoms with E-state index < -0.39 is 0 Å². The van der Waals surface area contributed by atoms with Gasteiger partial charge in [0, 0.05) is 24.1 Å². The fourth-order valence-corrected chi connectivity index (χ4v) is 3.53. The summed E-state index contributed by atoms with van der Waals surface area (Å²) in [5.41, 5.74) is 6.65. The molecule has 1 saturated carbocycles. The van der Waals surface area contributed by atoms with Gasteiger partial charge in [0.1, 0.15) is 0 Å². The van der Waals surface area contributed by atoms with E-state index in [0.717, 1.165) is 36.0 Å². The minimum absolute atomic E-state index is 0.0153. The molecule has 0 spiro atoms. The molecule has 1 aliphatic rings. The summed E-state index contributed by atoms with van der Waals surface area (Å²) in [6, 6.07) is 0.114. The van der Waals surface area contributed by atoms with Gasteiger partial charge in [-0.1, -0.05) is 6.42 Å². The van der Waals surface area contributed by atoms with Crippen LogP contribution in [-0.4, -0.2) is 23.7 Å². The molecule has 1 aromatic rings. The SMILES string of the molecule is Cc1c(C)c(C)c(C(=O)NC2CCCC2CO)c(C)c1C. The molecule has 3 nitrogen and oxygen atoms in total. The maximum absolute atomic E-state index is 12.7. The molecular weight excluding hydrogens is 262 g/mol. The summed E-state index contributed by atoms with van der Waals surface area (Å²) in [5, 5.41) is 12.6. The minimum Gasteiger partial charge on any atom is -0.396 e. The Morgan fingerprint density at radius 1 is 1.00 bits per heavy atom. The number of carbonyl (C=O) groups is 1. The lowest BCUT2D eigenvalue weighted by Gasteiger charge is -2.22. The van der Waals surface area contributed by atoms with E-state index in [0.29, 0.717) is 0 Å². The van der Waals surface area contributed by atoms with Gasteiger partial charge in [0.25, 0.3) is 5.91 Å². The smallest absolute Gasteiger partial charge is 0.252 e. The second-order valence-corrected chi connectivity index (χ2v) is 6.45. The monoisotopic (exact) mass is 289 g/mol. The quantitative estimate of drug-likeness (QED) is 0.898. The fraction of sp³-hybridized carbons (Fsp3) is 0.611. The first-order chi connectivity index (χ1) is 9.88. The van der Waals surface area contributed by atoms with E-state index >= 15 is 0 Å². The molecule has 1 aliphatic carbocycles. The van der Waals surface area contributed by atoms with Gasteiger partial charge in [-0.3, -0.25) is 4.79 Å². The Balaban J connectivity index is 2.32. The highest BCUT2D eigenvalue weighted by molar-refractivity contribution is 5.98. The maximum atomic E-state index is 12.7. The molecule has 0 heterocycles. The highest BCUT2D eigenvalue weighted by atomic mass is 16.3. The van der Waals surface area contributed by atoms with Crippen LogP contribution in [0, 0.1) is 40.5 Å². The average Bonchev–Trinajstić information content (AvgIpc) is 2.90. The number of hydrogen-bond donors (Lipinski definition) is 2. The Labute approximate surface area is 127 Å². The molecule has 2 rings (SSSR count). The first-order valence-electron chi connectivity index (χ1n) is 7.87. The Bertz CT molecular complexity index is 534. The summed E-state index contributed by atoms with van der Waals surface area (Å²) in [5.74, 6) is 0.226. The van der Waals surface area contributed by atoms with Crippen molar-refractivity contribution in [1.82, 2.24) is 5.32 Å². The zero-order valence-corrected chi connectivity index (χ0v) is 13.8. The molecule has 21 heavy (non-hydrogen) atoms. The van der Waals surface area contributed by atoms with Crippen LogP contribution < -0.4 is 5.32 Å². The van der Waals surface area contributed by atoms with E-state index in [9.17, 15) is 9.90 Å². The van der Waals surface area contributed by atoms with E-state index in [1.807, 2.05) is 13.8 Å². The van der Waals surface area contributed by atoms with Crippen molar-refractivity contribution >= 4 is 5.91 Å². The number of aliphatic hydroxyl groups is 1. The standard InChI is InChI=1S/C18H27NO2/c1-10-11(2)13(4)17(14(5)12(10)3)18(21)19-16-8-6-7-15(16)9-20/h15-16,20H,6-9H2,1-5H3,(H,19,21). The Morgan fingerprint density at radius 2 is 1.52 bits per heavy atom. The van der Waals surface area contributed by atoms with Crippen LogP contribution in [0.25, 0.3) is 0 Å². The number of hydrogen-bond acceptors (Lipinski definition) is 2. The van der Waals surface area contributed by atoms with E-state index in [1.165, 1.54) is 16.7 Å². The summed E-state index contributed by atoms with van der Waals surface area (Å²) in [4.78, 5) is 12.7. The highest BCUT2D eigenvalue weighted by Gasteiger charge is 2.29. The van der Waals surface area contributed by atoms with Crippen molar-refractivity contribution in [2.45, 2.75) is 59.9 Å². The zero-order chi connectivity index (χ0) is 15.7. The fourth-order valence-electron chi connectivity index (χ4n) is 3.53. The molecule has 1 fully saturated rings. The Kier molecular flexibility index (Phi) is 4.72. The van der Waals surface area contributed by atoms with Gasteiger partial charge >= 0.3 is 0 Å². The average molecular weight is 289 g/mol. The lowest BCUT2D eigenvalue weighted by atomic mass is 9.89. The van der Waals surface area contributed by atoms with Gasteiger partial charge in [0.2, 0.25) is 0 Å². The third kappa shape index (κ3) is 2.84. The summed E-state index contributed by atoms with van der Waals surface area (Å²) in [6.07, 6.45) is 3.06. The first kappa shape index (κ1) is 16.0. The van der Waals surface area contributed by atoms with Crippen LogP contribution in [0.4, 0.5) is 0 Å². The van der Waals surface area contributed by atoms with Crippen molar-refractivity contribution in [2.24, 2.45) is 5.92 Å². The number of amides is 1. The van der Waals surface area contributed by atoms with E-state index in [-0.39, 0.29) is 24.5 Å². The van der Waals surface area contributed by atoms with Crippen LogP contribution in [-0.2, 0) is 0 Å². The lowest BCUT2D eigenvalue weighted by Crippen LogP contribution is -2.39. The van der Waals surface area contributed by atoms with Crippen molar-refractivity contribution in [3.63, 3.8) is 0 Å². The van der Waals surface area contributed by atoms with Crippen LogP contribution >= 0.6 is 0 Å².